The van der Waals surface area contributed by atoms with Gasteiger partial charge in [0.15, 0.2) is 5.43 Å². The molecule has 3 aromatic rings. The summed E-state index contributed by atoms with van der Waals surface area (Å²) in [6.07, 6.45) is 4.66. The standard InChI is InChI=1S/C22H24N2O2/c1-15-8-2-5-11-18(15)23-21(25)14-24-19-12-6-3-9-16(19)22(26)17-10-4-7-13-20(17)24/h3-4,6-7,9-10,12-13,15,18H,2,5,8,11,14H2,1H3,(H,23,25). The van der Waals surface area contributed by atoms with Crippen LogP contribution in [0, 0.1) is 5.92 Å². The summed E-state index contributed by atoms with van der Waals surface area (Å²) in [6.45, 7) is 2.44. The summed E-state index contributed by atoms with van der Waals surface area (Å²) in [6, 6.07) is 15.3. The van der Waals surface area contributed by atoms with Gasteiger partial charge in [0, 0.05) is 16.8 Å². The normalized spacial score (nSPS) is 20.3. The number of hydrogen-bond donors (Lipinski definition) is 1. The van der Waals surface area contributed by atoms with E-state index in [0.29, 0.717) is 16.7 Å². The molecule has 0 bridgehead atoms. The fourth-order valence-electron chi connectivity index (χ4n) is 4.17. The lowest BCUT2D eigenvalue weighted by Gasteiger charge is -2.29. The zero-order valence-corrected chi connectivity index (χ0v) is 15.1. The van der Waals surface area contributed by atoms with Crippen molar-refractivity contribution < 1.29 is 4.79 Å². The van der Waals surface area contributed by atoms with E-state index in [4.69, 9.17) is 0 Å². The Kier molecular flexibility index (Phi) is 4.49. The van der Waals surface area contributed by atoms with Crippen LogP contribution in [0.1, 0.15) is 32.6 Å². The van der Waals surface area contributed by atoms with Gasteiger partial charge in [-0.3, -0.25) is 9.59 Å². The van der Waals surface area contributed by atoms with Gasteiger partial charge in [-0.15, -0.1) is 0 Å². The molecule has 1 aliphatic carbocycles. The van der Waals surface area contributed by atoms with Crippen LogP contribution in [0.3, 0.4) is 0 Å². The number of nitrogens with zero attached hydrogens (tertiary/aromatic N) is 1. The van der Waals surface area contributed by atoms with Crippen LogP contribution in [0.5, 0.6) is 0 Å². The number of hydrogen-bond acceptors (Lipinski definition) is 2. The van der Waals surface area contributed by atoms with E-state index in [2.05, 4.69) is 12.2 Å². The van der Waals surface area contributed by atoms with Gasteiger partial charge < -0.3 is 9.88 Å². The van der Waals surface area contributed by atoms with Crippen molar-refractivity contribution in [2.75, 3.05) is 0 Å². The minimum absolute atomic E-state index is 0.0164. The molecule has 1 aromatic heterocycles. The highest BCUT2D eigenvalue weighted by Gasteiger charge is 2.23. The minimum Gasteiger partial charge on any atom is -0.352 e. The SMILES string of the molecule is CC1CCCCC1NC(=O)Cn1c2ccccc2c(=O)c2ccccc21. The minimum atomic E-state index is 0.0164. The van der Waals surface area contributed by atoms with Crippen LogP contribution in [0.4, 0.5) is 0 Å². The monoisotopic (exact) mass is 348 g/mol. The first-order valence-corrected chi connectivity index (χ1v) is 9.45. The molecular weight excluding hydrogens is 324 g/mol. The molecule has 1 N–H and O–H groups in total. The molecule has 2 aromatic carbocycles. The number of fused-ring (bicyclic) bond motifs is 2. The highest BCUT2D eigenvalue weighted by molar-refractivity contribution is 5.94. The molecule has 134 valence electrons. The third-order valence-corrected chi connectivity index (χ3v) is 5.64. The van der Waals surface area contributed by atoms with E-state index in [1.807, 2.05) is 53.1 Å². The molecule has 1 aliphatic rings. The molecule has 0 saturated heterocycles. The predicted molar refractivity (Wildman–Crippen MR) is 105 cm³/mol. The maximum Gasteiger partial charge on any atom is 0.240 e. The van der Waals surface area contributed by atoms with Crippen molar-refractivity contribution in [3.63, 3.8) is 0 Å². The number of amides is 1. The highest BCUT2D eigenvalue weighted by atomic mass is 16.2. The summed E-state index contributed by atoms with van der Waals surface area (Å²) in [5, 5.41) is 4.54. The quantitative estimate of drug-likeness (QED) is 0.731. The van der Waals surface area contributed by atoms with E-state index in [-0.39, 0.29) is 23.9 Å². The van der Waals surface area contributed by atoms with Crippen molar-refractivity contribution in [2.45, 2.75) is 45.2 Å². The second kappa shape index (κ2) is 6.94. The molecule has 0 spiro atoms. The van der Waals surface area contributed by atoms with E-state index >= 15 is 0 Å². The number of rotatable bonds is 3. The Hall–Kier alpha value is -2.62. The Balaban J connectivity index is 1.74. The van der Waals surface area contributed by atoms with Crippen LogP contribution in [0.25, 0.3) is 21.8 Å². The van der Waals surface area contributed by atoms with Gasteiger partial charge >= 0.3 is 0 Å². The summed E-state index contributed by atoms with van der Waals surface area (Å²) in [4.78, 5) is 25.6. The summed E-state index contributed by atoms with van der Waals surface area (Å²) in [5.74, 6) is 0.540. The number of para-hydroxylation sites is 2. The number of nitrogens with one attached hydrogen (secondary N) is 1. The highest BCUT2D eigenvalue weighted by Crippen LogP contribution is 2.24. The van der Waals surface area contributed by atoms with Crippen LogP contribution in [0.2, 0.25) is 0 Å². The van der Waals surface area contributed by atoms with Gasteiger partial charge in [0.25, 0.3) is 0 Å². The Morgan fingerprint density at radius 1 is 1.00 bits per heavy atom. The molecule has 2 unspecified atom stereocenters. The lowest BCUT2D eigenvalue weighted by Crippen LogP contribution is -2.42. The maximum atomic E-state index is 12.8. The summed E-state index contributed by atoms with van der Waals surface area (Å²) < 4.78 is 1.97. The Labute approximate surface area is 152 Å². The van der Waals surface area contributed by atoms with Gasteiger partial charge in [0.05, 0.1) is 11.0 Å². The molecule has 1 amide bonds. The first-order valence-electron chi connectivity index (χ1n) is 9.45. The largest absolute Gasteiger partial charge is 0.352 e. The Bertz CT molecular complexity index is 961. The Morgan fingerprint density at radius 3 is 2.19 bits per heavy atom. The van der Waals surface area contributed by atoms with Crippen LogP contribution >= 0.6 is 0 Å². The van der Waals surface area contributed by atoms with Crippen molar-refractivity contribution in [3.05, 3.63) is 58.8 Å². The molecule has 4 nitrogen and oxygen atoms in total. The third-order valence-electron chi connectivity index (χ3n) is 5.64. The van der Waals surface area contributed by atoms with Gasteiger partial charge in [0.2, 0.25) is 5.91 Å². The third kappa shape index (κ3) is 3.00. The number of benzene rings is 2. The molecule has 26 heavy (non-hydrogen) atoms. The number of aromatic nitrogens is 1. The van der Waals surface area contributed by atoms with Crippen LogP contribution < -0.4 is 10.7 Å². The lowest BCUT2D eigenvalue weighted by molar-refractivity contribution is -0.122. The van der Waals surface area contributed by atoms with Gasteiger partial charge in [0.1, 0.15) is 6.54 Å². The van der Waals surface area contributed by atoms with E-state index in [9.17, 15) is 9.59 Å². The van der Waals surface area contributed by atoms with Gasteiger partial charge in [-0.2, -0.15) is 0 Å². The lowest BCUT2D eigenvalue weighted by atomic mass is 9.86. The summed E-state index contributed by atoms with van der Waals surface area (Å²) in [7, 11) is 0. The van der Waals surface area contributed by atoms with E-state index in [1.54, 1.807) is 0 Å². The van der Waals surface area contributed by atoms with Crippen molar-refractivity contribution >= 4 is 27.7 Å². The Morgan fingerprint density at radius 2 is 1.58 bits per heavy atom. The van der Waals surface area contributed by atoms with Crippen molar-refractivity contribution in [2.24, 2.45) is 5.92 Å². The van der Waals surface area contributed by atoms with Gasteiger partial charge in [-0.1, -0.05) is 44.0 Å². The zero-order valence-electron chi connectivity index (χ0n) is 15.1. The predicted octanol–water partition coefficient (Wildman–Crippen LogP) is 3.85. The van der Waals surface area contributed by atoms with Gasteiger partial charge in [-0.05, 0) is 43.0 Å². The van der Waals surface area contributed by atoms with Crippen molar-refractivity contribution in [1.29, 1.82) is 0 Å². The topological polar surface area (TPSA) is 51.1 Å². The number of carbonyl (C=O) groups excluding carboxylic acids is 1. The summed E-state index contributed by atoms with van der Waals surface area (Å²) in [5.41, 5.74) is 1.64. The molecule has 1 heterocycles. The summed E-state index contributed by atoms with van der Waals surface area (Å²) >= 11 is 0. The maximum absolute atomic E-state index is 12.8. The first-order chi connectivity index (χ1) is 12.6. The van der Waals surface area contributed by atoms with E-state index in [1.165, 1.54) is 19.3 Å². The number of carbonyl (C=O) groups is 1. The molecule has 4 rings (SSSR count). The van der Waals surface area contributed by atoms with Crippen molar-refractivity contribution in [3.8, 4) is 0 Å². The fraction of sp³-hybridized carbons (Fsp3) is 0.364. The zero-order chi connectivity index (χ0) is 18.1. The van der Waals surface area contributed by atoms with Gasteiger partial charge in [-0.25, -0.2) is 0 Å². The molecule has 4 heteroatoms. The van der Waals surface area contributed by atoms with Crippen LogP contribution in [-0.4, -0.2) is 16.5 Å². The van der Waals surface area contributed by atoms with E-state index in [0.717, 1.165) is 17.5 Å². The smallest absolute Gasteiger partial charge is 0.240 e. The first kappa shape index (κ1) is 16.8. The molecule has 1 fully saturated rings. The van der Waals surface area contributed by atoms with Crippen molar-refractivity contribution in [1.82, 2.24) is 9.88 Å². The second-order valence-electron chi connectivity index (χ2n) is 7.39. The molecule has 2 atom stereocenters. The average molecular weight is 348 g/mol. The van der Waals surface area contributed by atoms with Crippen LogP contribution in [0.15, 0.2) is 53.3 Å². The van der Waals surface area contributed by atoms with E-state index < -0.39 is 0 Å². The van der Waals surface area contributed by atoms with Crippen LogP contribution in [-0.2, 0) is 11.3 Å². The average Bonchev–Trinajstić information content (AvgIpc) is 2.67. The molecular formula is C22H24N2O2. The fourth-order valence-corrected chi connectivity index (χ4v) is 4.17. The number of pyridine rings is 1. The molecule has 0 radical (unpaired) electrons. The molecule has 0 aliphatic heterocycles. The second-order valence-corrected chi connectivity index (χ2v) is 7.39. The molecule has 1 saturated carbocycles.